The molecule has 3 aromatic rings. The number of hydrogen-bond donors (Lipinski definition) is 4. The Hall–Kier alpha value is -3.66. The quantitative estimate of drug-likeness (QED) is 0.285. The molecule has 1 saturated heterocycles. The lowest BCUT2D eigenvalue weighted by Gasteiger charge is -2.37. The lowest BCUT2D eigenvalue weighted by atomic mass is 9.62. The van der Waals surface area contributed by atoms with E-state index in [1.54, 1.807) is 54.6 Å². The Balaban J connectivity index is 1.62. The third kappa shape index (κ3) is 5.44. The number of amides is 3. The molecule has 1 fully saturated rings. The lowest BCUT2D eigenvalue weighted by molar-refractivity contribution is -0.122. The van der Waals surface area contributed by atoms with Gasteiger partial charge in [0.15, 0.2) is 6.61 Å². The van der Waals surface area contributed by atoms with Gasteiger partial charge in [0, 0.05) is 28.4 Å². The normalized spacial score (nSPS) is 23.0. The van der Waals surface area contributed by atoms with Crippen molar-refractivity contribution >= 4 is 52.3 Å². The number of nitrogens with one attached hydrogen (secondary N) is 3. The van der Waals surface area contributed by atoms with Crippen LogP contribution < -0.4 is 26.4 Å². The van der Waals surface area contributed by atoms with Crippen molar-refractivity contribution in [3.05, 3.63) is 87.7 Å². The van der Waals surface area contributed by atoms with Gasteiger partial charge in [0.25, 0.3) is 5.91 Å². The maximum atomic E-state index is 15.9. The minimum atomic E-state index is -1.35. The molecular formula is C31H31Cl2FN4O4. The number of rotatable bonds is 7. The van der Waals surface area contributed by atoms with Gasteiger partial charge in [-0.2, -0.15) is 0 Å². The third-order valence-corrected chi connectivity index (χ3v) is 8.25. The number of fused-ring (bicyclic) bond motifs is 2. The number of carbonyl (C=O) groups excluding carboxylic acids is 3. The Morgan fingerprint density at radius 2 is 1.81 bits per heavy atom. The largest absolute Gasteiger partial charge is 0.484 e. The molecule has 3 amide bonds. The highest BCUT2D eigenvalue weighted by atomic mass is 35.5. The van der Waals surface area contributed by atoms with E-state index >= 15 is 4.39 Å². The van der Waals surface area contributed by atoms with Gasteiger partial charge in [-0.1, -0.05) is 62.2 Å². The molecule has 11 heteroatoms. The fourth-order valence-electron chi connectivity index (χ4n) is 6.16. The summed E-state index contributed by atoms with van der Waals surface area (Å²) in [5.41, 5.74) is 5.27. The second-order valence-corrected chi connectivity index (χ2v) is 12.7. The predicted molar refractivity (Wildman–Crippen MR) is 160 cm³/mol. The number of primary amides is 1. The first-order valence-corrected chi connectivity index (χ1v) is 14.2. The van der Waals surface area contributed by atoms with Crippen LogP contribution in [0.3, 0.4) is 0 Å². The molecule has 0 bridgehead atoms. The standard InChI is InChI=1S/C31H31Cl2FN4O4/c1-30(2,3)14-23-31(20-12-7-16(32)13-22(20)37-29(31)41)25(19-5-4-6-21(33)26(19)34)27(38-23)28(40)36-17-8-10-18(11-9-17)42-15-24(35)39/h4-13,23,25,27,38H,14-15H2,1-3H3,(H2,35,39)(H,36,40)(H,37,41)/t23-,25-,27+,31+/m0/s1. The number of halogens is 3. The van der Waals surface area contributed by atoms with Crippen LogP contribution in [0.1, 0.15) is 44.2 Å². The van der Waals surface area contributed by atoms with Crippen LogP contribution in [0.2, 0.25) is 10.0 Å². The van der Waals surface area contributed by atoms with E-state index in [0.29, 0.717) is 34.1 Å². The molecule has 1 spiro atoms. The number of hydrogen-bond acceptors (Lipinski definition) is 5. The fraction of sp³-hybridized carbons (Fsp3) is 0.323. The average molecular weight is 614 g/mol. The van der Waals surface area contributed by atoms with Gasteiger partial charge in [-0.25, -0.2) is 4.39 Å². The van der Waals surface area contributed by atoms with Gasteiger partial charge in [-0.3, -0.25) is 14.4 Å². The average Bonchev–Trinajstić information content (AvgIpc) is 3.38. The van der Waals surface area contributed by atoms with E-state index in [2.05, 4.69) is 16.0 Å². The Kier molecular flexibility index (Phi) is 7.96. The molecule has 0 unspecified atom stereocenters. The number of carbonyl (C=O) groups is 3. The molecular weight excluding hydrogens is 582 g/mol. The van der Waals surface area contributed by atoms with Gasteiger partial charge in [0.1, 0.15) is 17.0 Å². The molecule has 5 N–H and O–H groups in total. The number of nitrogens with two attached hydrogens (primary N) is 1. The minimum absolute atomic E-state index is 0.109. The van der Waals surface area contributed by atoms with Gasteiger partial charge in [0.05, 0.1) is 11.1 Å². The summed E-state index contributed by atoms with van der Waals surface area (Å²) in [6, 6.07) is 14.6. The van der Waals surface area contributed by atoms with Crippen LogP contribution >= 0.6 is 23.2 Å². The Labute approximate surface area is 253 Å². The smallest absolute Gasteiger partial charge is 0.255 e. The van der Waals surface area contributed by atoms with Gasteiger partial charge in [-0.15, -0.1) is 0 Å². The van der Waals surface area contributed by atoms with Gasteiger partial charge in [-0.05, 0) is 65.4 Å². The maximum Gasteiger partial charge on any atom is 0.255 e. The second-order valence-electron chi connectivity index (χ2n) is 11.9. The molecule has 2 heterocycles. The first-order valence-electron chi connectivity index (χ1n) is 13.4. The first kappa shape index (κ1) is 29.8. The fourth-order valence-corrected chi connectivity index (χ4v) is 6.52. The molecule has 8 nitrogen and oxygen atoms in total. The highest BCUT2D eigenvalue weighted by Crippen LogP contribution is 2.57. The Morgan fingerprint density at radius 1 is 1.10 bits per heavy atom. The van der Waals surface area contributed by atoms with Crippen LogP contribution in [-0.4, -0.2) is 36.4 Å². The van der Waals surface area contributed by atoms with E-state index in [1.165, 1.54) is 6.07 Å². The zero-order chi connectivity index (χ0) is 30.4. The van der Waals surface area contributed by atoms with Crippen molar-refractivity contribution in [1.82, 2.24) is 5.32 Å². The molecule has 4 atom stereocenters. The van der Waals surface area contributed by atoms with Crippen molar-refractivity contribution in [3.8, 4) is 5.75 Å². The van der Waals surface area contributed by atoms with E-state index in [4.69, 9.17) is 33.7 Å². The molecule has 5 rings (SSSR count). The SMILES string of the molecule is CC(C)(C)C[C@@H]1N[C@@H](C(=O)Nc2ccc(OCC(N)=O)cc2)[C@H](c2cccc(Cl)c2F)[C@]12C(=O)Nc1cc(Cl)ccc12. The van der Waals surface area contributed by atoms with Crippen molar-refractivity contribution in [1.29, 1.82) is 0 Å². The summed E-state index contributed by atoms with van der Waals surface area (Å²) < 4.78 is 21.2. The molecule has 2 aliphatic rings. The van der Waals surface area contributed by atoms with Crippen LogP contribution in [0.5, 0.6) is 5.75 Å². The number of anilines is 2. The van der Waals surface area contributed by atoms with Crippen LogP contribution in [0.4, 0.5) is 15.8 Å². The second kappa shape index (κ2) is 11.2. The summed E-state index contributed by atoms with van der Waals surface area (Å²) in [5, 5.41) is 9.61. The first-order chi connectivity index (χ1) is 19.8. The summed E-state index contributed by atoms with van der Waals surface area (Å²) in [6.07, 6.45) is 0.497. The van der Waals surface area contributed by atoms with Gasteiger partial charge >= 0.3 is 0 Å². The summed E-state index contributed by atoms with van der Waals surface area (Å²) in [5.74, 6) is -2.69. The van der Waals surface area contributed by atoms with Crippen molar-refractivity contribution < 1.29 is 23.5 Å². The lowest BCUT2D eigenvalue weighted by Crippen LogP contribution is -2.49. The van der Waals surface area contributed by atoms with E-state index in [1.807, 2.05) is 20.8 Å². The molecule has 3 aromatic carbocycles. The summed E-state index contributed by atoms with van der Waals surface area (Å²) in [4.78, 5) is 39.3. The minimum Gasteiger partial charge on any atom is -0.484 e. The van der Waals surface area contributed by atoms with E-state index in [0.717, 1.165) is 0 Å². The van der Waals surface area contributed by atoms with Crippen molar-refractivity contribution in [2.45, 2.75) is 50.6 Å². The highest BCUT2D eigenvalue weighted by Gasteiger charge is 2.66. The van der Waals surface area contributed by atoms with E-state index < -0.39 is 41.0 Å². The molecule has 2 aliphatic heterocycles. The molecule has 0 aromatic heterocycles. The maximum absolute atomic E-state index is 15.9. The summed E-state index contributed by atoms with van der Waals surface area (Å²) >= 11 is 12.5. The van der Waals surface area contributed by atoms with Crippen LogP contribution in [0.15, 0.2) is 60.7 Å². The van der Waals surface area contributed by atoms with Gasteiger partial charge in [0.2, 0.25) is 11.8 Å². The topological polar surface area (TPSA) is 123 Å². The molecule has 0 saturated carbocycles. The summed E-state index contributed by atoms with van der Waals surface area (Å²) in [7, 11) is 0. The number of benzene rings is 3. The van der Waals surface area contributed by atoms with Crippen molar-refractivity contribution in [2.24, 2.45) is 11.1 Å². The zero-order valence-corrected chi connectivity index (χ0v) is 24.8. The Bertz CT molecular complexity index is 1560. The zero-order valence-electron chi connectivity index (χ0n) is 23.3. The predicted octanol–water partition coefficient (Wildman–Crippen LogP) is 5.39. The molecule has 0 radical (unpaired) electrons. The van der Waals surface area contributed by atoms with Crippen molar-refractivity contribution in [2.75, 3.05) is 17.2 Å². The molecule has 42 heavy (non-hydrogen) atoms. The van der Waals surface area contributed by atoms with Crippen molar-refractivity contribution in [3.63, 3.8) is 0 Å². The Morgan fingerprint density at radius 3 is 2.48 bits per heavy atom. The monoisotopic (exact) mass is 612 g/mol. The molecule has 220 valence electrons. The molecule has 0 aliphatic carbocycles. The van der Waals surface area contributed by atoms with E-state index in [9.17, 15) is 14.4 Å². The van der Waals surface area contributed by atoms with Gasteiger partial charge < -0.3 is 26.4 Å². The van der Waals surface area contributed by atoms with Crippen LogP contribution in [-0.2, 0) is 19.8 Å². The van der Waals surface area contributed by atoms with Crippen LogP contribution in [0.25, 0.3) is 0 Å². The van der Waals surface area contributed by atoms with E-state index in [-0.39, 0.29) is 28.5 Å². The highest BCUT2D eigenvalue weighted by molar-refractivity contribution is 6.31. The third-order valence-electron chi connectivity index (χ3n) is 7.72. The number of ether oxygens (including phenoxy) is 1. The van der Waals surface area contributed by atoms with Crippen LogP contribution in [0, 0.1) is 11.2 Å². The summed E-state index contributed by atoms with van der Waals surface area (Å²) in [6.45, 7) is 5.85.